The van der Waals surface area contributed by atoms with Gasteiger partial charge in [-0.15, -0.1) is 0 Å². The number of furan rings is 1. The molecule has 3 rings (SSSR count). The van der Waals surface area contributed by atoms with Crippen LogP contribution in [0.3, 0.4) is 0 Å². The van der Waals surface area contributed by atoms with Crippen LogP contribution in [0.1, 0.15) is 0 Å². The van der Waals surface area contributed by atoms with Crippen LogP contribution in [0.15, 0.2) is 47.0 Å². The standard InChI is InChI=1S/C13H8FNO2/c14-9-5-3-8(4-6-9)12-11-10(13(16)17-12)2-1-7-15-11/h1-7,16H. The Kier molecular flexibility index (Phi) is 2.08. The Morgan fingerprint density at radius 2 is 1.88 bits per heavy atom. The molecule has 1 N–H and O–H groups in total. The first kappa shape index (κ1) is 9.84. The second-order valence-corrected chi connectivity index (χ2v) is 3.64. The molecule has 17 heavy (non-hydrogen) atoms. The van der Waals surface area contributed by atoms with E-state index >= 15 is 0 Å². The monoisotopic (exact) mass is 229 g/mol. The maximum Gasteiger partial charge on any atom is 0.292 e. The number of aromatic hydroxyl groups is 1. The fraction of sp³-hybridized carbons (Fsp3) is 0. The molecule has 0 spiro atoms. The van der Waals surface area contributed by atoms with Crippen LogP contribution in [0.25, 0.3) is 22.2 Å². The number of rotatable bonds is 1. The quantitative estimate of drug-likeness (QED) is 0.696. The van der Waals surface area contributed by atoms with Crippen LogP contribution in [0.2, 0.25) is 0 Å². The minimum atomic E-state index is -0.318. The van der Waals surface area contributed by atoms with Crippen molar-refractivity contribution in [3.05, 3.63) is 48.4 Å². The number of benzene rings is 1. The molecule has 1 aromatic carbocycles. The van der Waals surface area contributed by atoms with Gasteiger partial charge in [0.15, 0.2) is 5.76 Å². The molecule has 0 bridgehead atoms. The van der Waals surface area contributed by atoms with E-state index in [-0.39, 0.29) is 11.8 Å². The van der Waals surface area contributed by atoms with Crippen molar-refractivity contribution in [2.24, 2.45) is 0 Å². The molecule has 2 aromatic heterocycles. The third-order valence-electron chi connectivity index (χ3n) is 2.56. The van der Waals surface area contributed by atoms with Crippen molar-refractivity contribution in [2.45, 2.75) is 0 Å². The van der Waals surface area contributed by atoms with Crippen LogP contribution in [-0.4, -0.2) is 10.1 Å². The summed E-state index contributed by atoms with van der Waals surface area (Å²) in [5.74, 6) is -0.0488. The highest BCUT2D eigenvalue weighted by molar-refractivity contribution is 5.94. The molecular weight excluding hydrogens is 221 g/mol. The highest BCUT2D eigenvalue weighted by atomic mass is 19.1. The normalized spacial score (nSPS) is 10.9. The van der Waals surface area contributed by atoms with Crippen molar-refractivity contribution in [3.8, 4) is 17.3 Å². The smallest absolute Gasteiger partial charge is 0.292 e. The number of fused-ring (bicyclic) bond motifs is 1. The topological polar surface area (TPSA) is 46.3 Å². The molecule has 0 radical (unpaired) electrons. The summed E-state index contributed by atoms with van der Waals surface area (Å²) >= 11 is 0. The van der Waals surface area contributed by atoms with Crippen molar-refractivity contribution in [3.63, 3.8) is 0 Å². The lowest BCUT2D eigenvalue weighted by Crippen LogP contribution is -1.79. The van der Waals surface area contributed by atoms with Gasteiger partial charge in [0.05, 0.1) is 5.39 Å². The number of halogens is 1. The van der Waals surface area contributed by atoms with Crippen molar-refractivity contribution in [1.29, 1.82) is 0 Å². The Bertz CT molecular complexity index is 673. The summed E-state index contributed by atoms with van der Waals surface area (Å²) in [5.41, 5.74) is 1.24. The van der Waals surface area contributed by atoms with E-state index in [1.165, 1.54) is 12.1 Å². The predicted octanol–water partition coefficient (Wildman–Crippen LogP) is 3.34. The van der Waals surface area contributed by atoms with Crippen LogP contribution < -0.4 is 0 Å². The molecule has 0 atom stereocenters. The zero-order valence-corrected chi connectivity index (χ0v) is 8.72. The molecule has 0 saturated carbocycles. The number of hydrogen-bond acceptors (Lipinski definition) is 3. The Hall–Kier alpha value is -2.36. The summed E-state index contributed by atoms with van der Waals surface area (Å²) in [4.78, 5) is 4.15. The van der Waals surface area contributed by atoms with Gasteiger partial charge in [0, 0.05) is 11.8 Å². The van der Waals surface area contributed by atoms with Crippen molar-refractivity contribution < 1.29 is 13.9 Å². The van der Waals surface area contributed by atoms with Gasteiger partial charge < -0.3 is 9.52 Å². The second-order valence-electron chi connectivity index (χ2n) is 3.64. The van der Waals surface area contributed by atoms with Gasteiger partial charge in [-0.05, 0) is 36.4 Å². The molecule has 0 fully saturated rings. The molecule has 0 aliphatic carbocycles. The summed E-state index contributed by atoms with van der Waals surface area (Å²) in [6, 6.07) is 9.27. The molecule has 3 nitrogen and oxygen atoms in total. The van der Waals surface area contributed by atoms with Gasteiger partial charge in [-0.2, -0.15) is 0 Å². The average Bonchev–Trinajstić information content (AvgIpc) is 2.69. The van der Waals surface area contributed by atoms with E-state index in [2.05, 4.69) is 4.98 Å². The molecule has 3 aromatic rings. The zero-order chi connectivity index (χ0) is 11.8. The van der Waals surface area contributed by atoms with Gasteiger partial charge in [-0.1, -0.05) is 0 Å². The second kappa shape index (κ2) is 3.59. The van der Waals surface area contributed by atoms with Gasteiger partial charge in [-0.25, -0.2) is 4.39 Å². The highest BCUT2D eigenvalue weighted by Gasteiger charge is 2.14. The lowest BCUT2D eigenvalue weighted by Gasteiger charge is -1.96. The van der Waals surface area contributed by atoms with E-state index in [1.807, 2.05) is 0 Å². The summed E-state index contributed by atoms with van der Waals surface area (Å²) in [6.07, 6.45) is 1.62. The molecular formula is C13H8FNO2. The summed E-state index contributed by atoms with van der Waals surface area (Å²) in [5, 5.41) is 10.2. The summed E-state index contributed by atoms with van der Waals surface area (Å²) in [6.45, 7) is 0. The van der Waals surface area contributed by atoms with E-state index in [4.69, 9.17) is 4.42 Å². The zero-order valence-electron chi connectivity index (χ0n) is 8.72. The lowest BCUT2D eigenvalue weighted by molar-refractivity contribution is 0.343. The fourth-order valence-electron chi connectivity index (χ4n) is 1.76. The Morgan fingerprint density at radius 3 is 2.65 bits per heavy atom. The lowest BCUT2D eigenvalue weighted by atomic mass is 10.1. The van der Waals surface area contributed by atoms with E-state index < -0.39 is 0 Å². The molecule has 2 heterocycles. The van der Waals surface area contributed by atoms with Crippen LogP contribution in [0, 0.1) is 5.82 Å². The Balaban J connectivity index is 2.27. The molecule has 0 amide bonds. The molecule has 4 heteroatoms. The van der Waals surface area contributed by atoms with Crippen molar-refractivity contribution >= 4 is 10.9 Å². The van der Waals surface area contributed by atoms with E-state index in [0.717, 1.165) is 0 Å². The summed E-state index contributed by atoms with van der Waals surface area (Å²) in [7, 11) is 0. The maximum atomic E-state index is 12.8. The van der Waals surface area contributed by atoms with Gasteiger partial charge in [0.25, 0.3) is 5.95 Å². The van der Waals surface area contributed by atoms with Gasteiger partial charge in [0.2, 0.25) is 0 Å². The number of aromatic nitrogens is 1. The SMILES string of the molecule is Oc1oc(-c2ccc(F)cc2)c2ncccc12. The molecule has 0 unspecified atom stereocenters. The van der Waals surface area contributed by atoms with Crippen LogP contribution in [-0.2, 0) is 0 Å². The number of pyridine rings is 1. The van der Waals surface area contributed by atoms with E-state index in [9.17, 15) is 9.50 Å². The minimum Gasteiger partial charge on any atom is -0.480 e. The fourth-order valence-corrected chi connectivity index (χ4v) is 1.76. The predicted molar refractivity (Wildman–Crippen MR) is 61.1 cm³/mol. The minimum absolute atomic E-state index is 0.174. The number of nitrogens with zero attached hydrogens (tertiary/aromatic N) is 1. The molecule has 0 aliphatic rings. The molecule has 84 valence electrons. The van der Waals surface area contributed by atoms with E-state index in [0.29, 0.717) is 22.2 Å². The van der Waals surface area contributed by atoms with Crippen LogP contribution >= 0.6 is 0 Å². The first-order valence-electron chi connectivity index (χ1n) is 5.08. The third-order valence-corrected chi connectivity index (χ3v) is 2.56. The average molecular weight is 229 g/mol. The van der Waals surface area contributed by atoms with Crippen molar-refractivity contribution in [1.82, 2.24) is 4.98 Å². The number of hydrogen-bond donors (Lipinski definition) is 1. The largest absolute Gasteiger partial charge is 0.480 e. The molecule has 0 aliphatic heterocycles. The Morgan fingerprint density at radius 1 is 1.12 bits per heavy atom. The van der Waals surface area contributed by atoms with Gasteiger partial charge >= 0.3 is 0 Å². The third kappa shape index (κ3) is 1.54. The first-order valence-corrected chi connectivity index (χ1v) is 5.08. The van der Waals surface area contributed by atoms with E-state index in [1.54, 1.807) is 30.5 Å². The van der Waals surface area contributed by atoms with Crippen LogP contribution in [0.4, 0.5) is 4.39 Å². The van der Waals surface area contributed by atoms with Gasteiger partial charge in [-0.3, -0.25) is 4.98 Å². The van der Waals surface area contributed by atoms with Crippen molar-refractivity contribution in [2.75, 3.05) is 0 Å². The maximum absolute atomic E-state index is 12.8. The highest BCUT2D eigenvalue weighted by Crippen LogP contribution is 2.35. The van der Waals surface area contributed by atoms with Gasteiger partial charge in [0.1, 0.15) is 11.3 Å². The van der Waals surface area contributed by atoms with Crippen LogP contribution in [0.5, 0.6) is 5.95 Å². The molecule has 0 saturated heterocycles. The summed E-state index contributed by atoms with van der Waals surface area (Å²) < 4.78 is 18.1. The Labute approximate surface area is 96.1 Å². The first-order chi connectivity index (χ1) is 8.25.